The van der Waals surface area contributed by atoms with Crippen LogP contribution in [0.25, 0.3) is 22.4 Å². The molecule has 0 fully saturated rings. The first-order valence-electron chi connectivity index (χ1n) is 5.75. The van der Waals surface area contributed by atoms with Crippen LogP contribution in [0.2, 0.25) is 0 Å². The van der Waals surface area contributed by atoms with Crippen molar-refractivity contribution in [1.82, 2.24) is 15.2 Å². The quantitative estimate of drug-likeness (QED) is 0.744. The zero-order valence-corrected chi connectivity index (χ0v) is 9.92. The maximum Gasteiger partial charge on any atom is 0.240 e. The van der Waals surface area contributed by atoms with Crippen molar-refractivity contribution >= 4 is 16.9 Å². The molecule has 5 heteroatoms. The third kappa shape index (κ3) is 1.60. The van der Waals surface area contributed by atoms with Crippen LogP contribution in [0.4, 0.5) is 5.95 Å². The van der Waals surface area contributed by atoms with Gasteiger partial charge in [-0.25, -0.2) is 4.98 Å². The fourth-order valence-electron chi connectivity index (χ4n) is 2.08. The number of nitrogens with two attached hydrogens (primary N) is 1. The monoisotopic (exact) mass is 240 g/mol. The van der Waals surface area contributed by atoms with Gasteiger partial charge in [-0.3, -0.25) is 0 Å². The highest BCUT2D eigenvalue weighted by Gasteiger charge is 2.15. The van der Waals surface area contributed by atoms with E-state index in [9.17, 15) is 0 Å². The molecule has 2 aromatic heterocycles. The van der Waals surface area contributed by atoms with Gasteiger partial charge in [0.15, 0.2) is 5.76 Å². The summed E-state index contributed by atoms with van der Waals surface area (Å²) in [5.74, 6) is 0.871. The summed E-state index contributed by atoms with van der Waals surface area (Å²) in [5.41, 5.74) is 8.14. The summed E-state index contributed by atoms with van der Waals surface area (Å²) < 4.78 is 5.85. The van der Waals surface area contributed by atoms with Gasteiger partial charge in [0, 0.05) is 10.9 Å². The fourth-order valence-corrected chi connectivity index (χ4v) is 2.08. The Kier molecular flexibility index (Phi) is 2.44. The largest absolute Gasteiger partial charge is 0.454 e. The number of nitrogens with zero attached hydrogens (tertiary/aromatic N) is 3. The summed E-state index contributed by atoms with van der Waals surface area (Å²) >= 11 is 0. The second-order valence-corrected chi connectivity index (χ2v) is 3.96. The lowest BCUT2D eigenvalue weighted by Crippen LogP contribution is -1.98. The molecule has 0 atom stereocenters. The second-order valence-electron chi connectivity index (χ2n) is 3.96. The number of fused-ring (bicyclic) bond motifs is 1. The molecular weight excluding hydrogens is 228 g/mol. The topological polar surface area (TPSA) is 77.8 Å². The van der Waals surface area contributed by atoms with Crippen molar-refractivity contribution < 1.29 is 4.42 Å². The summed E-state index contributed by atoms with van der Waals surface area (Å²) in [6, 6.07) is 7.92. The normalized spacial score (nSPS) is 10.9. The van der Waals surface area contributed by atoms with Crippen LogP contribution in [0, 0.1) is 0 Å². The molecule has 0 amide bonds. The smallest absolute Gasteiger partial charge is 0.240 e. The molecule has 0 aliphatic carbocycles. The zero-order valence-electron chi connectivity index (χ0n) is 9.92. The Hall–Kier alpha value is -2.43. The van der Waals surface area contributed by atoms with E-state index in [2.05, 4.69) is 22.1 Å². The minimum atomic E-state index is 0.148. The number of anilines is 1. The number of nitrogen functional groups attached to an aromatic ring is 1. The van der Waals surface area contributed by atoms with Gasteiger partial charge in [-0.2, -0.15) is 5.10 Å². The number of furan rings is 1. The van der Waals surface area contributed by atoms with Gasteiger partial charge in [-0.1, -0.05) is 25.1 Å². The van der Waals surface area contributed by atoms with E-state index in [1.54, 1.807) is 6.20 Å². The van der Waals surface area contributed by atoms with Gasteiger partial charge in [0.25, 0.3) is 0 Å². The summed E-state index contributed by atoms with van der Waals surface area (Å²) in [6.45, 7) is 2.08. The molecule has 0 saturated heterocycles. The van der Waals surface area contributed by atoms with Gasteiger partial charge in [-0.05, 0) is 12.5 Å². The third-order valence-electron chi connectivity index (χ3n) is 2.86. The molecule has 3 rings (SSSR count). The highest BCUT2D eigenvalue weighted by molar-refractivity contribution is 5.87. The lowest BCUT2D eigenvalue weighted by atomic mass is 10.1. The van der Waals surface area contributed by atoms with Crippen molar-refractivity contribution in [1.29, 1.82) is 0 Å². The SMILES string of the molecule is CCc1c(-c2cnnc(N)n2)oc2ccccc12. The summed E-state index contributed by atoms with van der Waals surface area (Å²) in [5, 5.41) is 8.56. The molecule has 0 unspecified atom stereocenters. The lowest BCUT2D eigenvalue weighted by molar-refractivity contribution is 0.623. The van der Waals surface area contributed by atoms with E-state index in [1.807, 2.05) is 24.3 Å². The van der Waals surface area contributed by atoms with Crippen LogP contribution in [-0.4, -0.2) is 15.2 Å². The van der Waals surface area contributed by atoms with Crippen molar-refractivity contribution in [2.75, 3.05) is 5.73 Å². The minimum absolute atomic E-state index is 0.148. The van der Waals surface area contributed by atoms with Crippen LogP contribution in [0.1, 0.15) is 12.5 Å². The maximum atomic E-state index is 5.85. The maximum absolute atomic E-state index is 5.85. The van der Waals surface area contributed by atoms with Crippen molar-refractivity contribution in [3.63, 3.8) is 0 Å². The van der Waals surface area contributed by atoms with E-state index in [1.165, 1.54) is 0 Å². The van der Waals surface area contributed by atoms with Gasteiger partial charge < -0.3 is 10.2 Å². The first-order valence-corrected chi connectivity index (χ1v) is 5.75. The van der Waals surface area contributed by atoms with Crippen LogP contribution in [0.5, 0.6) is 0 Å². The van der Waals surface area contributed by atoms with Crippen molar-refractivity contribution in [3.05, 3.63) is 36.0 Å². The molecule has 1 aromatic carbocycles. The van der Waals surface area contributed by atoms with Gasteiger partial charge in [0.2, 0.25) is 5.95 Å². The molecule has 0 radical (unpaired) electrons. The van der Waals surface area contributed by atoms with Gasteiger partial charge >= 0.3 is 0 Å². The van der Waals surface area contributed by atoms with Crippen molar-refractivity contribution in [2.24, 2.45) is 0 Å². The number of rotatable bonds is 2. The average molecular weight is 240 g/mol. The molecule has 0 aliphatic heterocycles. The van der Waals surface area contributed by atoms with Crippen LogP contribution < -0.4 is 5.73 Å². The minimum Gasteiger partial charge on any atom is -0.454 e. The Balaban J connectivity index is 2.28. The molecule has 90 valence electrons. The molecule has 18 heavy (non-hydrogen) atoms. The average Bonchev–Trinajstić information content (AvgIpc) is 2.77. The predicted molar refractivity (Wildman–Crippen MR) is 68.8 cm³/mol. The van der Waals surface area contributed by atoms with E-state index in [4.69, 9.17) is 10.2 Å². The Bertz CT molecular complexity index is 705. The Morgan fingerprint density at radius 3 is 2.89 bits per heavy atom. The fraction of sp³-hybridized carbons (Fsp3) is 0.154. The number of aromatic nitrogens is 3. The molecule has 0 aliphatic rings. The summed E-state index contributed by atoms with van der Waals surface area (Å²) in [6.07, 6.45) is 2.42. The standard InChI is InChI=1S/C13H12N4O/c1-2-8-9-5-3-4-6-11(9)18-12(8)10-7-15-17-13(14)16-10/h3-7H,2H2,1H3,(H2,14,16,17). The van der Waals surface area contributed by atoms with Gasteiger partial charge in [0.1, 0.15) is 11.3 Å². The molecule has 0 bridgehead atoms. The van der Waals surface area contributed by atoms with E-state index in [0.29, 0.717) is 5.69 Å². The number of benzene rings is 1. The van der Waals surface area contributed by atoms with Gasteiger partial charge in [0.05, 0.1) is 6.20 Å². The van der Waals surface area contributed by atoms with Crippen molar-refractivity contribution in [2.45, 2.75) is 13.3 Å². The third-order valence-corrected chi connectivity index (χ3v) is 2.86. The Labute approximate surface area is 104 Å². The highest BCUT2D eigenvalue weighted by atomic mass is 16.3. The van der Waals surface area contributed by atoms with E-state index >= 15 is 0 Å². The number of hydrogen-bond acceptors (Lipinski definition) is 5. The molecule has 5 nitrogen and oxygen atoms in total. The van der Waals surface area contributed by atoms with Crippen LogP contribution in [-0.2, 0) is 6.42 Å². The van der Waals surface area contributed by atoms with E-state index in [-0.39, 0.29) is 5.95 Å². The Morgan fingerprint density at radius 2 is 2.11 bits per heavy atom. The van der Waals surface area contributed by atoms with Crippen LogP contribution >= 0.6 is 0 Å². The molecule has 0 spiro atoms. The first kappa shape index (κ1) is 10.7. The molecule has 2 heterocycles. The van der Waals surface area contributed by atoms with E-state index < -0.39 is 0 Å². The number of hydrogen-bond donors (Lipinski definition) is 1. The molecule has 2 N–H and O–H groups in total. The molecular formula is C13H12N4O. The van der Waals surface area contributed by atoms with Crippen molar-refractivity contribution in [3.8, 4) is 11.5 Å². The molecule has 3 aromatic rings. The summed E-state index contributed by atoms with van der Waals surface area (Å²) in [4.78, 5) is 4.16. The zero-order chi connectivity index (χ0) is 12.5. The highest BCUT2D eigenvalue weighted by Crippen LogP contribution is 2.32. The second kappa shape index (κ2) is 4.10. The predicted octanol–water partition coefficient (Wildman–Crippen LogP) is 2.43. The number of aryl methyl sites for hydroxylation is 1. The first-order chi connectivity index (χ1) is 8.79. The Morgan fingerprint density at radius 1 is 1.28 bits per heavy atom. The van der Waals surface area contributed by atoms with Crippen LogP contribution in [0.15, 0.2) is 34.9 Å². The van der Waals surface area contributed by atoms with E-state index in [0.717, 1.165) is 28.7 Å². The lowest BCUT2D eigenvalue weighted by Gasteiger charge is -1.99. The van der Waals surface area contributed by atoms with Gasteiger partial charge in [-0.15, -0.1) is 5.10 Å². The van der Waals surface area contributed by atoms with Crippen LogP contribution in [0.3, 0.4) is 0 Å². The molecule has 0 saturated carbocycles. The summed E-state index contributed by atoms with van der Waals surface area (Å²) in [7, 11) is 0. The number of para-hydroxylation sites is 1.